The molecule has 4 nitrogen and oxygen atoms in total. The fraction of sp³-hybridized carbons (Fsp3) is 0.0500. The first kappa shape index (κ1) is 25.9. The third-order valence-corrected chi connectivity index (χ3v) is 8.40. The van der Waals surface area contributed by atoms with Crippen molar-refractivity contribution in [3.05, 3.63) is 157 Å². The fourth-order valence-electron chi connectivity index (χ4n) is 6.20. The number of pyridine rings is 2. The summed E-state index contributed by atoms with van der Waals surface area (Å²) in [5.41, 5.74) is 6.50. The Morgan fingerprint density at radius 1 is 0.386 bits per heavy atom. The lowest BCUT2D eigenvalue weighted by atomic mass is 9.91. The van der Waals surface area contributed by atoms with Crippen molar-refractivity contribution in [2.24, 2.45) is 0 Å². The molecule has 0 radical (unpaired) electrons. The van der Waals surface area contributed by atoms with Crippen LogP contribution < -0.4 is 10.6 Å². The largest absolute Gasteiger partial charge is 0.379 e. The molecule has 6 aromatic carbocycles. The Morgan fingerprint density at radius 2 is 0.773 bits per heavy atom. The zero-order chi connectivity index (χ0) is 29.3. The lowest BCUT2D eigenvalue weighted by molar-refractivity contribution is 1.05. The molecular weight excluding hydrogens is 536 g/mol. The third-order valence-electron chi connectivity index (χ3n) is 8.40. The number of hydrogen-bond acceptors (Lipinski definition) is 4. The summed E-state index contributed by atoms with van der Waals surface area (Å²) in [5, 5.41) is 17.0. The summed E-state index contributed by atoms with van der Waals surface area (Å²) in [6.45, 7) is 1.23. The van der Waals surface area contributed by atoms with Crippen molar-refractivity contribution in [3.8, 4) is 11.1 Å². The molecule has 0 saturated carbocycles. The average molecular weight is 567 g/mol. The summed E-state index contributed by atoms with van der Waals surface area (Å²) < 4.78 is 0. The third kappa shape index (κ3) is 4.87. The topological polar surface area (TPSA) is 49.8 Å². The van der Waals surface area contributed by atoms with Gasteiger partial charge in [0, 0.05) is 45.7 Å². The minimum absolute atomic E-state index is 0.616. The highest BCUT2D eigenvalue weighted by molar-refractivity contribution is 6.13. The SMILES string of the molecule is c1ccc2cc(CNc3ccc4ccccc4c3-c3c(NCc4cc5ccccc5cn4)ccc4ccccc34)ncc2c1. The van der Waals surface area contributed by atoms with Crippen molar-refractivity contribution >= 4 is 54.5 Å². The number of anilines is 2. The zero-order valence-corrected chi connectivity index (χ0v) is 24.2. The molecule has 2 N–H and O–H groups in total. The number of nitrogens with zero attached hydrogens (tertiary/aromatic N) is 2. The van der Waals surface area contributed by atoms with Crippen molar-refractivity contribution in [2.45, 2.75) is 13.1 Å². The van der Waals surface area contributed by atoms with Crippen molar-refractivity contribution in [1.29, 1.82) is 0 Å². The minimum atomic E-state index is 0.616. The van der Waals surface area contributed by atoms with Gasteiger partial charge in [-0.2, -0.15) is 0 Å². The van der Waals surface area contributed by atoms with E-state index in [1.165, 1.54) is 43.4 Å². The monoisotopic (exact) mass is 566 g/mol. The van der Waals surface area contributed by atoms with E-state index in [4.69, 9.17) is 9.97 Å². The number of rotatable bonds is 7. The van der Waals surface area contributed by atoms with Crippen LogP contribution in [0.25, 0.3) is 54.2 Å². The molecule has 0 fully saturated rings. The van der Waals surface area contributed by atoms with Crippen molar-refractivity contribution in [1.82, 2.24) is 9.97 Å². The first-order chi connectivity index (χ1) is 21.8. The fourth-order valence-corrected chi connectivity index (χ4v) is 6.20. The highest BCUT2D eigenvalue weighted by Gasteiger charge is 2.17. The normalized spacial score (nSPS) is 11.4. The second-order valence-electron chi connectivity index (χ2n) is 11.2. The molecule has 0 bridgehead atoms. The van der Waals surface area contributed by atoms with Crippen molar-refractivity contribution in [2.75, 3.05) is 10.6 Å². The Morgan fingerprint density at radius 3 is 1.23 bits per heavy atom. The molecule has 8 aromatic rings. The van der Waals surface area contributed by atoms with Crippen LogP contribution in [0.3, 0.4) is 0 Å². The average Bonchev–Trinajstić information content (AvgIpc) is 3.09. The van der Waals surface area contributed by atoms with Crippen molar-refractivity contribution < 1.29 is 0 Å². The Hall–Kier alpha value is -5.74. The van der Waals surface area contributed by atoms with E-state index in [0.29, 0.717) is 13.1 Å². The highest BCUT2D eigenvalue weighted by atomic mass is 14.9. The van der Waals surface area contributed by atoms with Gasteiger partial charge in [0.1, 0.15) is 0 Å². The lowest BCUT2D eigenvalue weighted by Gasteiger charge is -2.21. The zero-order valence-electron chi connectivity index (χ0n) is 24.2. The van der Waals surface area contributed by atoms with E-state index in [0.717, 1.165) is 33.5 Å². The van der Waals surface area contributed by atoms with E-state index in [1.54, 1.807) is 0 Å². The van der Waals surface area contributed by atoms with Crippen LogP contribution in [0.1, 0.15) is 11.4 Å². The first-order valence-corrected chi connectivity index (χ1v) is 15.0. The predicted octanol–water partition coefficient (Wildman–Crippen LogP) is 9.98. The van der Waals surface area contributed by atoms with Crippen LogP contribution in [-0.2, 0) is 13.1 Å². The second-order valence-corrected chi connectivity index (χ2v) is 11.2. The number of fused-ring (bicyclic) bond motifs is 4. The molecule has 0 aliphatic carbocycles. The van der Waals surface area contributed by atoms with E-state index in [1.807, 2.05) is 12.4 Å². The molecular formula is C40H30N4. The molecule has 210 valence electrons. The smallest absolute Gasteiger partial charge is 0.0601 e. The molecule has 8 rings (SSSR count). The summed E-state index contributed by atoms with van der Waals surface area (Å²) in [7, 11) is 0. The minimum Gasteiger partial charge on any atom is -0.379 e. The number of nitrogens with one attached hydrogen (secondary N) is 2. The molecule has 44 heavy (non-hydrogen) atoms. The molecule has 2 heterocycles. The van der Waals surface area contributed by atoms with Gasteiger partial charge in [-0.1, -0.05) is 109 Å². The molecule has 0 saturated heterocycles. The highest BCUT2D eigenvalue weighted by Crippen LogP contribution is 2.44. The van der Waals surface area contributed by atoms with Gasteiger partial charge in [-0.25, -0.2) is 0 Å². The summed E-state index contributed by atoms with van der Waals surface area (Å²) >= 11 is 0. The molecule has 0 spiro atoms. The Labute approximate surface area is 256 Å². The number of hydrogen-bond donors (Lipinski definition) is 2. The molecule has 0 amide bonds. The van der Waals surface area contributed by atoms with Crippen LogP contribution in [0.15, 0.2) is 146 Å². The van der Waals surface area contributed by atoms with Crippen LogP contribution in [0.2, 0.25) is 0 Å². The Bertz CT molecular complexity index is 2140. The van der Waals surface area contributed by atoms with E-state index in [9.17, 15) is 0 Å². The molecule has 0 atom stereocenters. The summed E-state index contributed by atoms with van der Waals surface area (Å²) in [4.78, 5) is 9.51. The van der Waals surface area contributed by atoms with Gasteiger partial charge in [0.15, 0.2) is 0 Å². The van der Waals surface area contributed by atoms with Crippen LogP contribution in [0.4, 0.5) is 11.4 Å². The van der Waals surface area contributed by atoms with Gasteiger partial charge in [0.05, 0.1) is 24.5 Å². The van der Waals surface area contributed by atoms with E-state index < -0.39 is 0 Å². The maximum atomic E-state index is 4.76. The second kappa shape index (κ2) is 11.2. The van der Waals surface area contributed by atoms with E-state index in [-0.39, 0.29) is 0 Å². The van der Waals surface area contributed by atoms with Crippen LogP contribution in [-0.4, -0.2) is 9.97 Å². The first-order valence-electron chi connectivity index (χ1n) is 15.0. The Balaban J connectivity index is 1.24. The summed E-state index contributed by atoms with van der Waals surface area (Å²) in [5.74, 6) is 0. The van der Waals surface area contributed by atoms with Crippen molar-refractivity contribution in [3.63, 3.8) is 0 Å². The number of benzene rings is 6. The summed E-state index contributed by atoms with van der Waals surface area (Å²) in [6, 6.07) is 47.1. The number of aromatic nitrogens is 2. The molecule has 4 heteroatoms. The van der Waals surface area contributed by atoms with E-state index >= 15 is 0 Å². The molecule has 2 aromatic heterocycles. The summed E-state index contributed by atoms with van der Waals surface area (Å²) in [6.07, 6.45) is 3.92. The van der Waals surface area contributed by atoms with Crippen LogP contribution in [0.5, 0.6) is 0 Å². The predicted molar refractivity (Wildman–Crippen MR) is 185 cm³/mol. The molecule has 0 aliphatic rings. The maximum absolute atomic E-state index is 4.76. The van der Waals surface area contributed by atoms with Gasteiger partial charge in [-0.05, 0) is 56.6 Å². The standard InChI is InChI=1S/C40H30N4/c1-3-13-31-23-41-33(21-29(31)11-1)25-43-37-19-17-27-9-5-7-15-35(27)39(37)40-36-16-8-6-10-28(36)18-20-38(40)44-26-34-22-30-12-2-4-14-32(30)24-42-34/h1-24,43-44H,25-26H2. The molecule has 0 unspecified atom stereocenters. The van der Waals surface area contributed by atoms with E-state index in [2.05, 4.69) is 144 Å². The van der Waals surface area contributed by atoms with Gasteiger partial charge in [-0.3, -0.25) is 9.97 Å². The van der Waals surface area contributed by atoms with Gasteiger partial charge >= 0.3 is 0 Å². The van der Waals surface area contributed by atoms with Crippen LogP contribution in [0, 0.1) is 0 Å². The van der Waals surface area contributed by atoms with Gasteiger partial charge < -0.3 is 10.6 Å². The van der Waals surface area contributed by atoms with Crippen LogP contribution >= 0.6 is 0 Å². The quantitative estimate of drug-likeness (QED) is 0.202. The Kier molecular flexibility index (Phi) is 6.58. The van der Waals surface area contributed by atoms with Gasteiger partial charge in [-0.15, -0.1) is 0 Å². The lowest BCUT2D eigenvalue weighted by Crippen LogP contribution is -2.06. The molecule has 0 aliphatic heterocycles. The van der Waals surface area contributed by atoms with Gasteiger partial charge in [0.2, 0.25) is 0 Å². The van der Waals surface area contributed by atoms with Gasteiger partial charge in [0.25, 0.3) is 0 Å². The maximum Gasteiger partial charge on any atom is 0.0601 e.